The number of ether oxygens (including phenoxy) is 1. The third-order valence-corrected chi connectivity index (χ3v) is 8.22. The summed E-state index contributed by atoms with van der Waals surface area (Å²) in [4.78, 5) is 36.9. The Morgan fingerprint density at radius 3 is 2.46 bits per heavy atom. The molecule has 7 nitrogen and oxygen atoms in total. The molecule has 0 saturated heterocycles. The van der Waals surface area contributed by atoms with Crippen LogP contribution in [0.4, 0.5) is 4.39 Å². The number of nitrogens with one attached hydrogen (secondary N) is 2. The van der Waals surface area contributed by atoms with Crippen LogP contribution in [0.1, 0.15) is 47.0 Å². The van der Waals surface area contributed by atoms with Gasteiger partial charge in [-0.2, -0.15) is 0 Å². The number of aliphatic carboxylic acids is 1. The van der Waals surface area contributed by atoms with Crippen molar-refractivity contribution in [1.29, 1.82) is 0 Å². The molecule has 1 aliphatic heterocycles. The highest BCUT2D eigenvalue weighted by molar-refractivity contribution is 8.01. The van der Waals surface area contributed by atoms with E-state index in [1.54, 1.807) is 0 Å². The van der Waals surface area contributed by atoms with E-state index in [1.807, 2.05) is 24.3 Å². The predicted molar refractivity (Wildman–Crippen MR) is 130 cm³/mol. The number of carbonyl (C=O) groups is 3. The normalized spacial score (nSPS) is 23.3. The Labute approximate surface area is 211 Å². The van der Waals surface area contributed by atoms with Gasteiger partial charge in [0.15, 0.2) is 11.6 Å². The smallest absolute Gasteiger partial charge is 0.306 e. The summed E-state index contributed by atoms with van der Waals surface area (Å²) < 4.78 is 20.2. The number of fused-ring (bicyclic) bond motifs is 1. The lowest BCUT2D eigenvalue weighted by Crippen LogP contribution is -2.39. The monoisotopic (exact) mass is 520 g/mol. The van der Waals surface area contributed by atoms with Crippen molar-refractivity contribution in [2.24, 2.45) is 5.92 Å². The maximum Gasteiger partial charge on any atom is 0.306 e. The lowest BCUT2D eigenvalue weighted by Gasteiger charge is -2.27. The summed E-state index contributed by atoms with van der Waals surface area (Å²) in [5.41, 5.74) is 1.08. The quantitative estimate of drug-likeness (QED) is 0.357. The van der Waals surface area contributed by atoms with Crippen molar-refractivity contribution in [2.75, 3.05) is 13.1 Å². The fourth-order valence-electron chi connectivity index (χ4n) is 4.27. The maximum absolute atomic E-state index is 14.5. The van der Waals surface area contributed by atoms with Crippen LogP contribution in [0.2, 0.25) is 0 Å². The van der Waals surface area contributed by atoms with E-state index in [0.29, 0.717) is 25.7 Å². The van der Waals surface area contributed by atoms with Gasteiger partial charge in [0.1, 0.15) is 5.25 Å². The summed E-state index contributed by atoms with van der Waals surface area (Å²) in [6, 6.07) is 11.6. The molecule has 2 aliphatic rings. The molecule has 4 rings (SSSR count). The van der Waals surface area contributed by atoms with Gasteiger partial charge in [0.25, 0.3) is 5.91 Å². The molecule has 2 atom stereocenters. The molecule has 1 saturated carbocycles. The zero-order valence-corrected chi connectivity index (χ0v) is 20.4. The van der Waals surface area contributed by atoms with Crippen molar-refractivity contribution in [1.82, 2.24) is 10.6 Å². The number of rotatable bonds is 8. The molecule has 2 amide bonds. The Morgan fingerprint density at radius 2 is 1.77 bits per heavy atom. The van der Waals surface area contributed by atoms with E-state index in [4.69, 9.17) is 21.4 Å². The summed E-state index contributed by atoms with van der Waals surface area (Å²) in [6.07, 6.45) is 1.83. The van der Waals surface area contributed by atoms with E-state index in [0.717, 1.165) is 16.5 Å². The molecule has 0 radical (unpaired) electrons. The first-order valence-electron chi connectivity index (χ1n) is 11.5. The van der Waals surface area contributed by atoms with E-state index in [-0.39, 0.29) is 42.3 Å². The van der Waals surface area contributed by atoms with E-state index in [2.05, 4.69) is 10.6 Å². The number of halogens is 2. The molecule has 2 aromatic rings. The van der Waals surface area contributed by atoms with Gasteiger partial charge in [-0.15, -0.1) is 23.4 Å². The second-order valence-electron chi connectivity index (χ2n) is 8.60. The molecule has 0 bridgehead atoms. The molecule has 1 heterocycles. The first-order valence-corrected chi connectivity index (χ1v) is 12.8. The Bertz CT molecular complexity index is 1110. The highest BCUT2D eigenvalue weighted by Crippen LogP contribution is 2.47. The molecule has 2 unspecified atom stereocenters. The van der Waals surface area contributed by atoms with Gasteiger partial charge < -0.3 is 20.5 Å². The number of thioether (sulfide) groups is 1. The van der Waals surface area contributed by atoms with Crippen molar-refractivity contribution < 1.29 is 28.6 Å². The van der Waals surface area contributed by atoms with Gasteiger partial charge in [-0.25, -0.2) is 4.39 Å². The number of amides is 2. The standard InChI is InChI=1S/C25H26ClFN2O5S/c26-21-17-3-1-2-4-20(17)35-22(21)24(31)29-12-11-28-23(30)15-7-10-19(18(27)13-15)34-16-8-5-14(6-9-16)25(32)33/h1-4,7,10,13-14,16,21-22H,5-6,8-9,11-12H2,(H,28,30)(H,29,31)(H,32,33). The van der Waals surface area contributed by atoms with Crippen LogP contribution in [0.5, 0.6) is 5.75 Å². The van der Waals surface area contributed by atoms with E-state index in [9.17, 15) is 18.8 Å². The van der Waals surface area contributed by atoms with Crippen molar-refractivity contribution >= 4 is 41.1 Å². The molecule has 35 heavy (non-hydrogen) atoms. The van der Waals surface area contributed by atoms with Crippen LogP contribution in [-0.2, 0) is 9.59 Å². The van der Waals surface area contributed by atoms with Gasteiger partial charge in [-0.3, -0.25) is 14.4 Å². The number of benzene rings is 2. The Hall–Kier alpha value is -2.78. The van der Waals surface area contributed by atoms with Crippen LogP contribution < -0.4 is 15.4 Å². The highest BCUT2D eigenvalue weighted by Gasteiger charge is 2.36. The van der Waals surface area contributed by atoms with Crippen molar-refractivity contribution in [2.45, 2.75) is 47.3 Å². The average Bonchev–Trinajstić information content (AvgIpc) is 3.20. The molecular formula is C25H26ClFN2O5S. The lowest BCUT2D eigenvalue weighted by atomic mass is 9.87. The van der Waals surface area contributed by atoms with Gasteiger partial charge in [-0.05, 0) is 55.5 Å². The largest absolute Gasteiger partial charge is 0.487 e. The van der Waals surface area contributed by atoms with Gasteiger partial charge in [0, 0.05) is 23.5 Å². The molecule has 2 aromatic carbocycles. The van der Waals surface area contributed by atoms with Crippen molar-refractivity contribution in [3.63, 3.8) is 0 Å². The fraction of sp³-hybridized carbons (Fsp3) is 0.400. The minimum absolute atomic E-state index is 0.0401. The molecule has 0 aromatic heterocycles. The molecule has 186 valence electrons. The van der Waals surface area contributed by atoms with Crippen LogP contribution in [-0.4, -0.2) is 47.3 Å². The molecular weight excluding hydrogens is 495 g/mol. The maximum atomic E-state index is 14.5. The van der Waals surface area contributed by atoms with Crippen LogP contribution in [0.3, 0.4) is 0 Å². The third kappa shape index (κ3) is 6.08. The minimum atomic E-state index is -0.809. The number of alkyl halides is 1. The zero-order valence-electron chi connectivity index (χ0n) is 18.8. The molecule has 1 fully saturated rings. The highest BCUT2D eigenvalue weighted by atomic mass is 35.5. The van der Waals surface area contributed by atoms with E-state index < -0.39 is 28.3 Å². The van der Waals surface area contributed by atoms with Crippen LogP contribution in [0.15, 0.2) is 47.4 Å². The number of carboxylic acid groups (broad SMARTS) is 1. The van der Waals surface area contributed by atoms with Crippen molar-refractivity contribution in [3.05, 3.63) is 59.4 Å². The Kier molecular flexibility index (Phi) is 8.18. The molecule has 3 N–H and O–H groups in total. The van der Waals surface area contributed by atoms with Crippen LogP contribution in [0, 0.1) is 11.7 Å². The van der Waals surface area contributed by atoms with Crippen LogP contribution >= 0.6 is 23.4 Å². The van der Waals surface area contributed by atoms with Gasteiger partial charge >= 0.3 is 5.97 Å². The fourth-order valence-corrected chi connectivity index (χ4v) is 6.01. The number of hydrogen-bond donors (Lipinski definition) is 3. The summed E-state index contributed by atoms with van der Waals surface area (Å²) in [7, 11) is 0. The Balaban J connectivity index is 1.21. The second kappa shape index (κ2) is 11.3. The Morgan fingerprint density at radius 1 is 1.06 bits per heavy atom. The second-order valence-corrected chi connectivity index (χ2v) is 10.3. The topological polar surface area (TPSA) is 105 Å². The molecule has 1 aliphatic carbocycles. The number of hydrogen-bond acceptors (Lipinski definition) is 5. The van der Waals surface area contributed by atoms with E-state index >= 15 is 0 Å². The molecule has 0 spiro atoms. The summed E-state index contributed by atoms with van der Waals surface area (Å²) in [5.74, 6) is -2.47. The predicted octanol–water partition coefficient (Wildman–Crippen LogP) is 4.15. The first-order chi connectivity index (χ1) is 16.8. The zero-order chi connectivity index (χ0) is 24.9. The number of carboxylic acids is 1. The summed E-state index contributed by atoms with van der Waals surface area (Å²) in [6.45, 7) is 0.388. The SMILES string of the molecule is O=C(NCCNC(=O)C1Sc2ccccc2C1Cl)c1ccc(OC2CCC(C(=O)O)CC2)c(F)c1. The number of carbonyl (C=O) groups excluding carboxylic acids is 2. The van der Waals surface area contributed by atoms with Crippen LogP contribution in [0.25, 0.3) is 0 Å². The average molecular weight is 521 g/mol. The summed E-state index contributed by atoms with van der Waals surface area (Å²) in [5, 5.41) is 13.7. The minimum Gasteiger partial charge on any atom is -0.487 e. The third-order valence-electron chi connectivity index (χ3n) is 6.22. The first kappa shape index (κ1) is 25.3. The van der Waals surface area contributed by atoms with Gasteiger partial charge in [0.05, 0.1) is 17.4 Å². The van der Waals surface area contributed by atoms with Gasteiger partial charge in [-0.1, -0.05) is 18.2 Å². The van der Waals surface area contributed by atoms with Crippen molar-refractivity contribution in [3.8, 4) is 5.75 Å². The lowest BCUT2D eigenvalue weighted by molar-refractivity contribution is -0.143. The van der Waals surface area contributed by atoms with Gasteiger partial charge in [0.2, 0.25) is 5.91 Å². The van der Waals surface area contributed by atoms with E-state index in [1.165, 1.54) is 23.9 Å². The molecule has 10 heteroatoms. The summed E-state index contributed by atoms with van der Waals surface area (Å²) >= 11 is 7.85.